The molecule has 5 heteroatoms. The van der Waals surface area contributed by atoms with E-state index in [2.05, 4.69) is 125 Å². The quantitative estimate of drug-likeness (QED) is 0.0891. The molecule has 2 heterocycles. The third kappa shape index (κ3) is 9.60. The largest absolute Gasteiger partial charge is 0.681 e. The van der Waals surface area contributed by atoms with Gasteiger partial charge in [0.05, 0.1) is 5.76 Å². The second kappa shape index (κ2) is 19.6. The summed E-state index contributed by atoms with van der Waals surface area (Å²) in [7, 11) is 0. The topological polar surface area (TPSA) is 51.4 Å². The number of carbonyl (C=O) groups is 1. The third-order valence-corrected chi connectivity index (χ3v) is 14.1. The fourth-order valence-electron chi connectivity index (χ4n) is 8.98. The maximum atomic E-state index is 11.7. The van der Waals surface area contributed by atoms with Crippen LogP contribution in [0.3, 0.4) is 0 Å². The van der Waals surface area contributed by atoms with Gasteiger partial charge in [0.1, 0.15) is 0 Å². The number of benzene rings is 5. The van der Waals surface area contributed by atoms with Gasteiger partial charge >= 0.3 is 0 Å². The first-order chi connectivity index (χ1) is 28.4. The van der Waals surface area contributed by atoms with Crippen molar-refractivity contribution in [1.82, 2.24) is 0 Å². The van der Waals surface area contributed by atoms with Gasteiger partial charge in [-0.25, -0.2) is 0 Å². The van der Waals surface area contributed by atoms with E-state index in [-0.39, 0.29) is 54.9 Å². The zero-order chi connectivity index (χ0) is 41.8. The number of thiophene rings is 1. The van der Waals surface area contributed by atoms with E-state index in [1.807, 2.05) is 45.2 Å². The van der Waals surface area contributed by atoms with Gasteiger partial charge in [-0.05, 0) is 108 Å². The molecule has 4 aliphatic carbocycles. The monoisotopic (exact) mass is 992 g/mol. The molecule has 1 aromatic heterocycles. The molecule has 315 valence electrons. The Bertz CT molecular complexity index is 2510. The number of aliphatic hydroxyl groups is 1. The molecule has 5 aromatic carbocycles. The summed E-state index contributed by atoms with van der Waals surface area (Å²) in [5, 5.41) is 18.6. The first-order valence-electron chi connectivity index (χ1n) is 22.0. The van der Waals surface area contributed by atoms with Crippen LogP contribution < -0.4 is 0 Å². The fourth-order valence-corrected chi connectivity index (χ4v) is 10.3. The van der Waals surface area contributed by atoms with Crippen molar-refractivity contribution in [2.75, 3.05) is 0 Å². The Hall–Kier alpha value is -4.28. The Morgan fingerprint density at radius 1 is 0.800 bits per heavy atom. The number of rotatable bonds is 9. The van der Waals surface area contributed by atoms with Crippen LogP contribution in [-0.4, -0.2) is 10.9 Å². The molecule has 0 amide bonds. The molecule has 1 unspecified atom stereocenters. The van der Waals surface area contributed by atoms with Gasteiger partial charge in [0.25, 0.3) is 0 Å². The maximum Gasteiger partial charge on any atom is 0.162 e. The first kappa shape index (κ1) is 45.3. The van der Waals surface area contributed by atoms with Gasteiger partial charge in [-0.3, -0.25) is 4.79 Å². The number of allylic oxidation sites excluding steroid dienone is 2. The summed E-state index contributed by atoms with van der Waals surface area (Å²) in [6.07, 6.45) is 13.4. The SMILES string of the molecule is CCC(CC)C(=O)/C=C(\O)C(CC)CC.Cc1c(-c2cc3ccc2CCc2ccc(cc2)CC3)ccc2c3c(sc12)C(c1[c-]c2ccccc2c(C(C)(C)C)c1)[N-]C=C3.[Ir]. The van der Waals surface area contributed by atoms with E-state index >= 15 is 0 Å². The molecule has 3 nitrogen and oxygen atoms in total. The molecule has 1 N–H and O–H groups in total. The van der Waals surface area contributed by atoms with Crippen LogP contribution in [0.2, 0.25) is 0 Å². The van der Waals surface area contributed by atoms with Crippen molar-refractivity contribution >= 4 is 44.1 Å². The minimum absolute atomic E-state index is 0. The van der Waals surface area contributed by atoms with Gasteiger partial charge in [0.2, 0.25) is 0 Å². The van der Waals surface area contributed by atoms with Gasteiger partial charge < -0.3 is 10.4 Å². The minimum atomic E-state index is -0.0450. The van der Waals surface area contributed by atoms with E-state index in [0.717, 1.165) is 56.9 Å². The number of fused-ring (bicyclic) bond motifs is 4. The Kier molecular flexibility index (Phi) is 14.8. The molecular formula is C55H61IrNO2S-2. The summed E-state index contributed by atoms with van der Waals surface area (Å²) in [6, 6.07) is 36.0. The number of carbonyl (C=O) groups excluding carboxylic acids is 1. The van der Waals surface area contributed by atoms with Crippen molar-refractivity contribution in [3.63, 3.8) is 0 Å². The molecule has 6 aromatic rings. The summed E-state index contributed by atoms with van der Waals surface area (Å²) in [4.78, 5) is 13.0. The fraction of sp³-hybridized carbons (Fsp3) is 0.364. The number of aliphatic hydroxyl groups excluding tert-OH is 1. The molecular weight excluding hydrogens is 931 g/mol. The number of aryl methyl sites for hydroxylation is 5. The number of hydrogen-bond acceptors (Lipinski definition) is 3. The van der Waals surface area contributed by atoms with Crippen molar-refractivity contribution in [3.8, 4) is 11.1 Å². The van der Waals surface area contributed by atoms with E-state index in [4.69, 9.17) is 5.32 Å². The number of nitrogens with zero attached hydrogens (tertiary/aromatic N) is 1. The van der Waals surface area contributed by atoms with E-state index in [9.17, 15) is 9.90 Å². The Balaban J connectivity index is 0.000000325. The molecule has 1 aliphatic heterocycles. The molecule has 11 rings (SSSR count). The summed E-state index contributed by atoms with van der Waals surface area (Å²) < 4.78 is 1.38. The Morgan fingerprint density at radius 2 is 1.43 bits per heavy atom. The summed E-state index contributed by atoms with van der Waals surface area (Å²) in [5.41, 5.74) is 13.7. The van der Waals surface area contributed by atoms with Gasteiger partial charge in [-0.2, -0.15) is 6.20 Å². The second-order valence-electron chi connectivity index (χ2n) is 17.6. The van der Waals surface area contributed by atoms with Crippen LogP contribution in [0.5, 0.6) is 0 Å². The van der Waals surface area contributed by atoms with Gasteiger partial charge in [0, 0.05) is 53.0 Å². The van der Waals surface area contributed by atoms with Gasteiger partial charge in [-0.15, -0.1) is 57.5 Å². The maximum absolute atomic E-state index is 11.7. The second-order valence-corrected chi connectivity index (χ2v) is 18.7. The van der Waals surface area contributed by atoms with Crippen LogP contribution in [0, 0.1) is 24.8 Å². The average molecular weight is 992 g/mol. The van der Waals surface area contributed by atoms with Crippen molar-refractivity contribution in [2.24, 2.45) is 11.8 Å². The molecule has 60 heavy (non-hydrogen) atoms. The van der Waals surface area contributed by atoms with Gasteiger partial charge in [0.15, 0.2) is 5.78 Å². The molecule has 1 radical (unpaired) electrons. The summed E-state index contributed by atoms with van der Waals surface area (Å²) >= 11 is 1.93. The molecule has 0 saturated carbocycles. The molecule has 0 fully saturated rings. The smallest absolute Gasteiger partial charge is 0.162 e. The number of hydrogen-bond donors (Lipinski definition) is 1. The number of ketones is 1. The molecule has 0 spiro atoms. The first-order valence-corrected chi connectivity index (χ1v) is 22.8. The molecule has 5 aliphatic rings. The Labute approximate surface area is 376 Å². The van der Waals surface area contributed by atoms with Gasteiger partial charge in [-0.1, -0.05) is 127 Å². The van der Waals surface area contributed by atoms with Crippen molar-refractivity contribution in [2.45, 2.75) is 118 Å². The molecule has 1 atom stereocenters. The molecule has 4 bridgehead atoms. The van der Waals surface area contributed by atoms with Crippen molar-refractivity contribution < 1.29 is 30.0 Å². The summed E-state index contributed by atoms with van der Waals surface area (Å²) in [6.45, 7) is 17.3. The zero-order valence-electron chi connectivity index (χ0n) is 36.7. The van der Waals surface area contributed by atoms with E-state index in [1.54, 1.807) is 0 Å². The predicted octanol–water partition coefficient (Wildman–Crippen LogP) is 15.3. The van der Waals surface area contributed by atoms with E-state index in [1.165, 1.54) is 81.9 Å². The van der Waals surface area contributed by atoms with Crippen LogP contribution in [0.1, 0.15) is 130 Å². The van der Waals surface area contributed by atoms with Crippen LogP contribution in [-0.2, 0) is 56.0 Å². The van der Waals surface area contributed by atoms with Crippen LogP contribution in [0.25, 0.3) is 43.4 Å². The third-order valence-electron chi connectivity index (χ3n) is 12.8. The van der Waals surface area contributed by atoms with Crippen molar-refractivity contribution in [1.29, 1.82) is 0 Å². The summed E-state index contributed by atoms with van der Waals surface area (Å²) in [5.74, 6) is 0.547. The minimum Gasteiger partial charge on any atom is -0.681 e. The molecule has 0 saturated heterocycles. The van der Waals surface area contributed by atoms with Crippen LogP contribution in [0.15, 0.2) is 103 Å². The zero-order valence-corrected chi connectivity index (χ0v) is 40.0. The van der Waals surface area contributed by atoms with E-state index < -0.39 is 0 Å². The standard InChI is InChI=1S/C42H37NS.C13H24O2.Ir/c1-26-33(37-23-29-14-13-27-9-11-28(12-10-27)15-17-30(37)18-16-29)19-20-35-36-21-22-43-39(41(36)44-40(26)35)32-24-31-7-5-6-8-34(31)38(25-32)42(2,3)4;1-5-10(6-2)12(14)9-13(15)11(7-3)8-4;/h5-12,16,18-23,25,39H,13-15,17H2,1-4H3;9-11,14H,5-8H2,1-4H3;/q-2;;/b;12-9-;. The van der Waals surface area contributed by atoms with Crippen LogP contribution >= 0.6 is 11.3 Å². The van der Waals surface area contributed by atoms with Crippen molar-refractivity contribution in [3.05, 3.63) is 164 Å². The van der Waals surface area contributed by atoms with Crippen LogP contribution in [0.4, 0.5) is 0 Å². The van der Waals surface area contributed by atoms with E-state index in [0.29, 0.717) is 0 Å². The Morgan fingerprint density at radius 3 is 2.10 bits per heavy atom. The predicted molar refractivity (Wildman–Crippen MR) is 253 cm³/mol. The average Bonchev–Trinajstić information content (AvgIpc) is 3.62. The normalized spacial score (nSPS) is 15.0.